The molecule has 0 fully saturated rings. The number of hydrogen-bond acceptors (Lipinski definition) is 5. The van der Waals surface area contributed by atoms with E-state index in [2.05, 4.69) is 25.9 Å². The Bertz CT molecular complexity index is 858. The number of ether oxygens (including phenoxy) is 2. The lowest BCUT2D eigenvalue weighted by atomic mass is 10.2. The summed E-state index contributed by atoms with van der Waals surface area (Å²) in [5.41, 5.74) is 0.509. The second-order valence-electron chi connectivity index (χ2n) is 4.37. The van der Waals surface area contributed by atoms with Crippen LogP contribution in [-0.2, 0) is 0 Å². The number of aromatic hydroxyl groups is 1. The van der Waals surface area contributed by atoms with Crippen LogP contribution in [-0.4, -0.2) is 22.2 Å². The van der Waals surface area contributed by atoms with Gasteiger partial charge in [-0.15, -0.1) is 0 Å². The highest BCUT2D eigenvalue weighted by Crippen LogP contribution is 2.36. The van der Waals surface area contributed by atoms with Gasteiger partial charge in [-0.25, -0.2) is 14.4 Å². The van der Waals surface area contributed by atoms with E-state index in [1.807, 2.05) is 0 Å². The zero-order valence-corrected chi connectivity index (χ0v) is 13.0. The fourth-order valence-corrected chi connectivity index (χ4v) is 2.31. The Kier molecular flexibility index (Phi) is 3.81. The minimum absolute atomic E-state index is 0.0182. The van der Waals surface area contributed by atoms with Crippen LogP contribution >= 0.6 is 15.9 Å². The number of halogens is 2. The van der Waals surface area contributed by atoms with Crippen molar-refractivity contribution in [3.63, 3.8) is 0 Å². The maximum Gasteiger partial charge on any atom is 0.230 e. The third-order valence-electron chi connectivity index (χ3n) is 3.02. The van der Waals surface area contributed by atoms with Crippen molar-refractivity contribution in [3.8, 4) is 23.1 Å². The van der Waals surface area contributed by atoms with Gasteiger partial charge in [0, 0.05) is 6.07 Å². The van der Waals surface area contributed by atoms with Crippen LogP contribution in [0.25, 0.3) is 10.9 Å². The van der Waals surface area contributed by atoms with Gasteiger partial charge in [0.2, 0.25) is 5.88 Å². The lowest BCUT2D eigenvalue weighted by Gasteiger charge is -2.10. The summed E-state index contributed by atoms with van der Waals surface area (Å²) in [6, 6.07) is 7.66. The first-order valence-electron chi connectivity index (χ1n) is 6.23. The third kappa shape index (κ3) is 2.55. The molecule has 0 atom stereocenters. The number of phenols is 1. The van der Waals surface area contributed by atoms with Crippen molar-refractivity contribution in [2.75, 3.05) is 7.11 Å². The molecule has 0 saturated heterocycles. The van der Waals surface area contributed by atoms with E-state index in [-0.39, 0.29) is 27.6 Å². The fourth-order valence-electron chi connectivity index (χ4n) is 1.96. The van der Waals surface area contributed by atoms with Gasteiger partial charge in [0.15, 0.2) is 23.1 Å². The maximum atomic E-state index is 14.0. The highest BCUT2D eigenvalue weighted by molar-refractivity contribution is 9.10. The van der Waals surface area contributed by atoms with Crippen molar-refractivity contribution >= 4 is 26.8 Å². The van der Waals surface area contributed by atoms with E-state index in [0.717, 1.165) is 0 Å². The van der Waals surface area contributed by atoms with Crippen molar-refractivity contribution in [3.05, 3.63) is 46.9 Å². The second-order valence-corrected chi connectivity index (χ2v) is 5.23. The Morgan fingerprint density at radius 2 is 2.00 bits per heavy atom. The number of aromatic nitrogens is 2. The molecule has 0 bridgehead atoms. The predicted octanol–water partition coefficient (Wildman–Crippen LogP) is 4.04. The molecule has 0 aliphatic carbocycles. The predicted molar refractivity (Wildman–Crippen MR) is 81.9 cm³/mol. The quantitative estimate of drug-likeness (QED) is 0.759. The van der Waals surface area contributed by atoms with E-state index in [1.54, 1.807) is 18.2 Å². The summed E-state index contributed by atoms with van der Waals surface area (Å²) in [7, 11) is 1.44. The molecule has 7 heteroatoms. The Morgan fingerprint density at radius 3 is 2.77 bits per heavy atom. The zero-order chi connectivity index (χ0) is 15.7. The van der Waals surface area contributed by atoms with Crippen molar-refractivity contribution in [2.24, 2.45) is 0 Å². The van der Waals surface area contributed by atoms with Crippen LogP contribution in [0.5, 0.6) is 23.1 Å². The molecule has 0 aliphatic heterocycles. The van der Waals surface area contributed by atoms with Crippen LogP contribution in [0.4, 0.5) is 4.39 Å². The maximum absolute atomic E-state index is 14.0. The molecule has 3 rings (SSSR count). The van der Waals surface area contributed by atoms with Crippen LogP contribution in [0.3, 0.4) is 0 Å². The van der Waals surface area contributed by atoms with Crippen LogP contribution in [0.1, 0.15) is 0 Å². The lowest BCUT2D eigenvalue weighted by Crippen LogP contribution is -1.94. The second kappa shape index (κ2) is 5.76. The first-order chi connectivity index (χ1) is 10.6. The summed E-state index contributed by atoms with van der Waals surface area (Å²) in [6.07, 6.45) is 1.30. The molecule has 0 spiro atoms. The molecule has 3 aromatic rings. The van der Waals surface area contributed by atoms with E-state index in [0.29, 0.717) is 10.9 Å². The number of fused-ring (bicyclic) bond motifs is 1. The largest absolute Gasteiger partial charge is 0.504 e. The van der Waals surface area contributed by atoms with Gasteiger partial charge in [-0.1, -0.05) is 6.07 Å². The van der Waals surface area contributed by atoms with Crippen molar-refractivity contribution < 1.29 is 19.0 Å². The SMILES string of the molecule is COc1cc2ncnc(Oc3cccc(Br)c3F)c2cc1O. The fraction of sp³-hybridized carbons (Fsp3) is 0.0667. The van der Waals surface area contributed by atoms with Gasteiger partial charge in [-0.05, 0) is 34.1 Å². The van der Waals surface area contributed by atoms with Gasteiger partial charge in [0.1, 0.15) is 6.33 Å². The summed E-state index contributed by atoms with van der Waals surface area (Å²) < 4.78 is 24.8. The third-order valence-corrected chi connectivity index (χ3v) is 3.63. The number of hydrogen-bond donors (Lipinski definition) is 1. The first-order valence-corrected chi connectivity index (χ1v) is 7.03. The number of phenolic OH excluding ortho intramolecular Hbond substituents is 1. The monoisotopic (exact) mass is 364 g/mol. The standard InChI is InChI=1S/C15H10BrFN2O3/c1-21-13-6-10-8(5-11(13)20)15(19-7-18-10)22-12-4-2-3-9(16)14(12)17/h2-7,20H,1H3. The molecular formula is C15H10BrFN2O3. The van der Waals surface area contributed by atoms with Crippen molar-refractivity contribution in [1.29, 1.82) is 0 Å². The molecular weight excluding hydrogens is 355 g/mol. The molecule has 0 unspecified atom stereocenters. The van der Waals surface area contributed by atoms with Gasteiger partial charge >= 0.3 is 0 Å². The van der Waals surface area contributed by atoms with Crippen LogP contribution in [0, 0.1) is 5.82 Å². The number of rotatable bonds is 3. The van der Waals surface area contributed by atoms with Gasteiger partial charge in [-0.2, -0.15) is 0 Å². The smallest absolute Gasteiger partial charge is 0.230 e. The van der Waals surface area contributed by atoms with Crippen LogP contribution in [0.15, 0.2) is 41.1 Å². The number of benzene rings is 2. The van der Waals surface area contributed by atoms with Crippen LogP contribution < -0.4 is 9.47 Å². The van der Waals surface area contributed by atoms with Gasteiger partial charge in [0.05, 0.1) is 22.5 Å². The van der Waals surface area contributed by atoms with Crippen molar-refractivity contribution in [2.45, 2.75) is 0 Å². The minimum Gasteiger partial charge on any atom is -0.504 e. The molecule has 1 aromatic heterocycles. The first kappa shape index (κ1) is 14.5. The average molecular weight is 365 g/mol. The molecule has 22 heavy (non-hydrogen) atoms. The molecule has 0 aliphatic rings. The Morgan fingerprint density at radius 1 is 1.18 bits per heavy atom. The van der Waals surface area contributed by atoms with E-state index in [9.17, 15) is 9.50 Å². The Hall–Kier alpha value is -2.41. The van der Waals surface area contributed by atoms with Crippen molar-refractivity contribution in [1.82, 2.24) is 9.97 Å². The van der Waals surface area contributed by atoms with Gasteiger partial charge in [-0.3, -0.25) is 0 Å². The molecule has 1 N–H and O–H groups in total. The van der Waals surface area contributed by atoms with E-state index >= 15 is 0 Å². The van der Waals surface area contributed by atoms with Gasteiger partial charge in [0.25, 0.3) is 0 Å². The summed E-state index contributed by atoms with van der Waals surface area (Å²) in [5, 5.41) is 10.3. The molecule has 0 saturated carbocycles. The summed E-state index contributed by atoms with van der Waals surface area (Å²) >= 11 is 3.10. The lowest BCUT2D eigenvalue weighted by molar-refractivity contribution is 0.374. The molecule has 1 heterocycles. The van der Waals surface area contributed by atoms with E-state index in [4.69, 9.17) is 9.47 Å². The summed E-state index contributed by atoms with van der Waals surface area (Å²) in [4.78, 5) is 8.09. The highest BCUT2D eigenvalue weighted by Gasteiger charge is 2.14. The van der Waals surface area contributed by atoms with E-state index < -0.39 is 5.82 Å². The Balaban J connectivity index is 2.11. The summed E-state index contributed by atoms with van der Waals surface area (Å²) in [6.45, 7) is 0. The van der Waals surface area contributed by atoms with Crippen LogP contribution in [0.2, 0.25) is 0 Å². The average Bonchev–Trinajstić information content (AvgIpc) is 2.52. The van der Waals surface area contributed by atoms with E-state index in [1.165, 1.54) is 25.6 Å². The summed E-state index contributed by atoms with van der Waals surface area (Å²) in [5.74, 6) is -0.174. The molecule has 5 nitrogen and oxygen atoms in total. The van der Waals surface area contributed by atoms with Gasteiger partial charge < -0.3 is 14.6 Å². The molecule has 112 valence electrons. The molecule has 0 radical (unpaired) electrons. The number of nitrogens with zero attached hydrogens (tertiary/aromatic N) is 2. The zero-order valence-electron chi connectivity index (χ0n) is 11.4. The minimum atomic E-state index is -0.535. The number of methoxy groups -OCH3 is 1. The molecule has 2 aromatic carbocycles. The normalized spacial score (nSPS) is 10.7. The highest BCUT2D eigenvalue weighted by atomic mass is 79.9. The Labute approximate surface area is 133 Å². The topological polar surface area (TPSA) is 64.5 Å². The molecule has 0 amide bonds.